The topological polar surface area (TPSA) is 3.24 Å². The average molecular weight is 177 g/mol. The number of allylic oxidation sites excluding steroid dienone is 4. The minimum Gasteiger partial charge on any atom is -0.306 e. The van der Waals surface area contributed by atoms with E-state index in [-0.39, 0.29) is 0 Å². The maximum atomic E-state index is 2.44. The molecule has 2 rings (SSSR count). The predicted molar refractivity (Wildman–Crippen MR) is 56.7 cm³/mol. The number of nitrogens with zero attached hydrogens (tertiary/aromatic N) is 1. The van der Waals surface area contributed by atoms with E-state index in [1.807, 2.05) is 0 Å². The summed E-state index contributed by atoms with van der Waals surface area (Å²) < 4.78 is 0. The maximum Gasteiger partial charge on any atom is 0.00103 e. The second kappa shape index (κ2) is 4.10. The van der Waals surface area contributed by atoms with Gasteiger partial charge in [0.15, 0.2) is 0 Å². The van der Waals surface area contributed by atoms with Gasteiger partial charge in [0.25, 0.3) is 0 Å². The summed E-state index contributed by atoms with van der Waals surface area (Å²) in [6.45, 7) is 2.59. The zero-order valence-electron chi connectivity index (χ0n) is 8.50. The average Bonchev–Trinajstić information content (AvgIpc) is 2.53. The zero-order valence-corrected chi connectivity index (χ0v) is 8.50. The van der Waals surface area contributed by atoms with Crippen molar-refractivity contribution in [2.45, 2.75) is 25.7 Å². The summed E-state index contributed by atoms with van der Waals surface area (Å²) in [5, 5.41) is 0. The molecule has 1 atom stereocenters. The molecule has 1 heteroatoms. The van der Waals surface area contributed by atoms with Crippen molar-refractivity contribution in [3.05, 3.63) is 23.8 Å². The van der Waals surface area contributed by atoms with Crippen molar-refractivity contribution >= 4 is 0 Å². The van der Waals surface area contributed by atoms with Gasteiger partial charge in [-0.05, 0) is 45.2 Å². The van der Waals surface area contributed by atoms with Crippen LogP contribution in [0, 0.1) is 5.92 Å². The molecule has 1 saturated heterocycles. The number of likely N-dealkylation sites (tertiary alicyclic amines) is 1. The molecule has 0 aromatic rings. The van der Waals surface area contributed by atoms with Gasteiger partial charge in [0, 0.05) is 6.54 Å². The quantitative estimate of drug-likeness (QED) is 0.626. The second-order valence-corrected chi connectivity index (χ2v) is 4.38. The summed E-state index contributed by atoms with van der Waals surface area (Å²) in [5.41, 5.74) is 1.58. The van der Waals surface area contributed by atoms with E-state index in [4.69, 9.17) is 0 Å². The van der Waals surface area contributed by atoms with Crippen LogP contribution in [0.4, 0.5) is 0 Å². The van der Waals surface area contributed by atoms with Gasteiger partial charge in [0.2, 0.25) is 0 Å². The standard InChI is InChI=1S/C12H19N/c1-13-8-7-12(10-13)9-11-5-3-2-4-6-11/h3,5-6,12H,2,4,7-10H2,1H3. The Morgan fingerprint density at radius 3 is 3.00 bits per heavy atom. The first kappa shape index (κ1) is 9.01. The monoisotopic (exact) mass is 177 g/mol. The van der Waals surface area contributed by atoms with Crippen LogP contribution >= 0.6 is 0 Å². The van der Waals surface area contributed by atoms with E-state index in [2.05, 4.69) is 30.2 Å². The second-order valence-electron chi connectivity index (χ2n) is 4.38. The molecule has 13 heavy (non-hydrogen) atoms. The van der Waals surface area contributed by atoms with Gasteiger partial charge < -0.3 is 4.90 Å². The van der Waals surface area contributed by atoms with E-state index in [9.17, 15) is 0 Å². The highest BCUT2D eigenvalue weighted by Gasteiger charge is 2.19. The molecule has 0 radical (unpaired) electrons. The van der Waals surface area contributed by atoms with Crippen LogP contribution in [0.1, 0.15) is 25.7 Å². The highest BCUT2D eigenvalue weighted by Crippen LogP contribution is 2.24. The Bertz CT molecular complexity index is 227. The first-order valence-corrected chi connectivity index (χ1v) is 5.39. The van der Waals surface area contributed by atoms with Crippen LogP contribution in [-0.2, 0) is 0 Å². The minimum absolute atomic E-state index is 0.916. The van der Waals surface area contributed by atoms with Crippen LogP contribution in [0.15, 0.2) is 23.8 Å². The van der Waals surface area contributed by atoms with Crippen LogP contribution in [0.5, 0.6) is 0 Å². The molecule has 0 spiro atoms. The van der Waals surface area contributed by atoms with Gasteiger partial charge in [-0.3, -0.25) is 0 Å². The fourth-order valence-corrected chi connectivity index (χ4v) is 2.35. The molecule has 1 aliphatic carbocycles. The third-order valence-corrected chi connectivity index (χ3v) is 3.09. The van der Waals surface area contributed by atoms with Gasteiger partial charge in [0.1, 0.15) is 0 Å². The van der Waals surface area contributed by atoms with Crippen molar-refractivity contribution in [2.24, 2.45) is 5.92 Å². The lowest BCUT2D eigenvalue weighted by Gasteiger charge is -2.12. The van der Waals surface area contributed by atoms with Crippen LogP contribution in [0.2, 0.25) is 0 Å². The Morgan fingerprint density at radius 1 is 1.46 bits per heavy atom. The minimum atomic E-state index is 0.916. The van der Waals surface area contributed by atoms with Crippen molar-refractivity contribution in [3.8, 4) is 0 Å². The van der Waals surface area contributed by atoms with Crippen LogP contribution < -0.4 is 0 Å². The molecule has 2 aliphatic rings. The molecule has 1 unspecified atom stereocenters. The highest BCUT2D eigenvalue weighted by atomic mass is 15.1. The van der Waals surface area contributed by atoms with Crippen molar-refractivity contribution in [1.29, 1.82) is 0 Å². The zero-order chi connectivity index (χ0) is 9.10. The summed E-state index contributed by atoms with van der Waals surface area (Å²) >= 11 is 0. The van der Waals surface area contributed by atoms with E-state index in [1.165, 1.54) is 38.8 Å². The van der Waals surface area contributed by atoms with E-state index in [0.29, 0.717) is 0 Å². The van der Waals surface area contributed by atoms with E-state index in [1.54, 1.807) is 5.57 Å². The van der Waals surface area contributed by atoms with Gasteiger partial charge in [-0.15, -0.1) is 0 Å². The Kier molecular flexibility index (Phi) is 2.84. The Balaban J connectivity index is 1.84. The van der Waals surface area contributed by atoms with Gasteiger partial charge in [-0.25, -0.2) is 0 Å². The molecule has 1 aliphatic heterocycles. The SMILES string of the molecule is CN1CCC(CC2=CCCC=C2)C1. The highest BCUT2D eigenvalue weighted by molar-refractivity contribution is 5.22. The van der Waals surface area contributed by atoms with Gasteiger partial charge in [-0.2, -0.15) is 0 Å². The van der Waals surface area contributed by atoms with E-state index >= 15 is 0 Å². The van der Waals surface area contributed by atoms with Gasteiger partial charge in [0.05, 0.1) is 0 Å². The smallest absolute Gasteiger partial charge is 0.00103 e. The lowest BCUT2D eigenvalue weighted by atomic mass is 9.95. The summed E-state index contributed by atoms with van der Waals surface area (Å²) in [6.07, 6.45) is 12.2. The largest absolute Gasteiger partial charge is 0.306 e. The summed E-state index contributed by atoms with van der Waals surface area (Å²) in [5.74, 6) is 0.916. The Hall–Kier alpha value is -0.560. The molecule has 1 heterocycles. The third kappa shape index (κ3) is 2.44. The van der Waals surface area contributed by atoms with E-state index in [0.717, 1.165) is 5.92 Å². The summed E-state index contributed by atoms with van der Waals surface area (Å²) in [6, 6.07) is 0. The third-order valence-electron chi connectivity index (χ3n) is 3.09. The van der Waals surface area contributed by atoms with Crippen LogP contribution in [0.3, 0.4) is 0 Å². The molecule has 0 amide bonds. The van der Waals surface area contributed by atoms with Crippen molar-refractivity contribution in [1.82, 2.24) is 4.90 Å². The molecule has 1 nitrogen and oxygen atoms in total. The van der Waals surface area contributed by atoms with E-state index < -0.39 is 0 Å². The lowest BCUT2D eigenvalue weighted by molar-refractivity contribution is 0.394. The van der Waals surface area contributed by atoms with Crippen molar-refractivity contribution in [2.75, 3.05) is 20.1 Å². The summed E-state index contributed by atoms with van der Waals surface area (Å²) in [7, 11) is 2.23. The van der Waals surface area contributed by atoms with Crippen molar-refractivity contribution < 1.29 is 0 Å². The van der Waals surface area contributed by atoms with Crippen molar-refractivity contribution in [3.63, 3.8) is 0 Å². The molecule has 72 valence electrons. The molecule has 0 N–H and O–H groups in total. The molecule has 0 saturated carbocycles. The number of rotatable bonds is 2. The Morgan fingerprint density at radius 2 is 2.38 bits per heavy atom. The maximum absolute atomic E-state index is 2.44. The normalized spacial score (nSPS) is 29.3. The van der Waals surface area contributed by atoms with Crippen LogP contribution in [-0.4, -0.2) is 25.0 Å². The molecule has 0 bridgehead atoms. The lowest BCUT2D eigenvalue weighted by Crippen LogP contribution is -2.14. The molecule has 0 aromatic carbocycles. The molecular formula is C12H19N. The fourth-order valence-electron chi connectivity index (χ4n) is 2.35. The first-order valence-electron chi connectivity index (χ1n) is 5.39. The molecular weight excluding hydrogens is 158 g/mol. The first-order chi connectivity index (χ1) is 6.34. The number of hydrogen-bond donors (Lipinski definition) is 0. The number of hydrogen-bond acceptors (Lipinski definition) is 1. The molecule has 0 aromatic heterocycles. The Labute approximate surface area is 81.1 Å². The summed E-state index contributed by atoms with van der Waals surface area (Å²) in [4.78, 5) is 2.44. The van der Waals surface area contributed by atoms with Gasteiger partial charge >= 0.3 is 0 Å². The fraction of sp³-hybridized carbons (Fsp3) is 0.667. The van der Waals surface area contributed by atoms with Crippen LogP contribution in [0.25, 0.3) is 0 Å². The predicted octanol–water partition coefficient (Wildman–Crippen LogP) is 2.60. The van der Waals surface area contributed by atoms with Gasteiger partial charge in [-0.1, -0.05) is 23.8 Å². The molecule has 1 fully saturated rings.